The summed E-state index contributed by atoms with van der Waals surface area (Å²) in [6.07, 6.45) is 1.75. The van der Waals surface area contributed by atoms with E-state index in [-0.39, 0.29) is 0 Å². The molecule has 5 nitrogen and oxygen atoms in total. The highest BCUT2D eigenvalue weighted by molar-refractivity contribution is 5.42. The van der Waals surface area contributed by atoms with Gasteiger partial charge in [-0.3, -0.25) is 9.88 Å². The number of para-hydroxylation sites is 1. The van der Waals surface area contributed by atoms with Crippen molar-refractivity contribution in [1.82, 2.24) is 9.88 Å². The fraction of sp³-hybridized carbons (Fsp3) is 0.353. The van der Waals surface area contributed by atoms with Crippen LogP contribution in [0.15, 0.2) is 36.5 Å². The standard InChI is InChI=1S/C17H20N2O3/c1-20-16-7-8-18-14(17(16)21-2)12-19-9-10-22-15-6-4-3-5-13(15)11-19/h3-8H,9-12H2,1-2H3. The second-order valence-electron chi connectivity index (χ2n) is 5.16. The third kappa shape index (κ3) is 2.99. The van der Waals surface area contributed by atoms with E-state index < -0.39 is 0 Å². The zero-order valence-corrected chi connectivity index (χ0v) is 12.9. The van der Waals surface area contributed by atoms with Gasteiger partial charge >= 0.3 is 0 Å². The van der Waals surface area contributed by atoms with E-state index in [1.807, 2.05) is 24.3 Å². The van der Waals surface area contributed by atoms with Gasteiger partial charge in [0.2, 0.25) is 0 Å². The number of fused-ring (bicyclic) bond motifs is 1. The molecule has 0 spiro atoms. The summed E-state index contributed by atoms with van der Waals surface area (Å²) in [7, 11) is 3.28. The van der Waals surface area contributed by atoms with Gasteiger partial charge in [-0.15, -0.1) is 0 Å². The van der Waals surface area contributed by atoms with E-state index >= 15 is 0 Å². The Hall–Kier alpha value is -2.27. The highest BCUT2D eigenvalue weighted by Gasteiger charge is 2.18. The molecule has 1 aliphatic heterocycles. The zero-order valence-electron chi connectivity index (χ0n) is 12.9. The third-order valence-electron chi connectivity index (χ3n) is 3.77. The second kappa shape index (κ2) is 6.66. The van der Waals surface area contributed by atoms with Crippen molar-refractivity contribution in [3.05, 3.63) is 47.8 Å². The van der Waals surface area contributed by atoms with Crippen LogP contribution in [0.2, 0.25) is 0 Å². The highest BCUT2D eigenvalue weighted by atomic mass is 16.5. The molecule has 0 aliphatic carbocycles. The van der Waals surface area contributed by atoms with Crippen molar-refractivity contribution < 1.29 is 14.2 Å². The Balaban J connectivity index is 1.82. The summed E-state index contributed by atoms with van der Waals surface area (Å²) >= 11 is 0. The molecule has 1 aliphatic rings. The fourth-order valence-electron chi connectivity index (χ4n) is 2.69. The molecule has 0 saturated carbocycles. The Kier molecular flexibility index (Phi) is 4.44. The van der Waals surface area contributed by atoms with Crippen LogP contribution in [0.5, 0.6) is 17.2 Å². The molecule has 0 unspecified atom stereocenters. The number of ether oxygens (including phenoxy) is 3. The molecule has 0 amide bonds. The van der Waals surface area contributed by atoms with Crippen LogP contribution in [0.4, 0.5) is 0 Å². The molecule has 2 heterocycles. The van der Waals surface area contributed by atoms with Crippen LogP contribution in [-0.4, -0.2) is 37.3 Å². The molecule has 0 radical (unpaired) electrons. The van der Waals surface area contributed by atoms with E-state index in [1.54, 1.807) is 20.4 Å². The van der Waals surface area contributed by atoms with E-state index in [1.165, 1.54) is 5.56 Å². The molecule has 1 aromatic heterocycles. The van der Waals surface area contributed by atoms with Crippen molar-refractivity contribution in [2.45, 2.75) is 13.1 Å². The Morgan fingerprint density at radius 3 is 2.86 bits per heavy atom. The van der Waals surface area contributed by atoms with Crippen molar-refractivity contribution in [2.75, 3.05) is 27.4 Å². The van der Waals surface area contributed by atoms with Crippen molar-refractivity contribution in [3.8, 4) is 17.2 Å². The predicted octanol–water partition coefficient (Wildman–Crippen LogP) is 2.49. The van der Waals surface area contributed by atoms with Crippen LogP contribution in [0, 0.1) is 0 Å². The second-order valence-corrected chi connectivity index (χ2v) is 5.16. The van der Waals surface area contributed by atoms with E-state index in [4.69, 9.17) is 14.2 Å². The minimum absolute atomic E-state index is 0.670. The number of aromatic nitrogens is 1. The minimum Gasteiger partial charge on any atom is -0.493 e. The number of methoxy groups -OCH3 is 2. The maximum absolute atomic E-state index is 5.80. The first kappa shape index (κ1) is 14.7. The molecule has 0 N–H and O–H groups in total. The average Bonchev–Trinajstić information content (AvgIpc) is 2.76. The number of rotatable bonds is 4. The Morgan fingerprint density at radius 2 is 2.05 bits per heavy atom. The van der Waals surface area contributed by atoms with Crippen molar-refractivity contribution in [2.24, 2.45) is 0 Å². The van der Waals surface area contributed by atoms with Gasteiger partial charge in [0.15, 0.2) is 11.5 Å². The monoisotopic (exact) mass is 300 g/mol. The Labute approximate surface area is 130 Å². The summed E-state index contributed by atoms with van der Waals surface area (Å²) in [5.41, 5.74) is 2.07. The van der Waals surface area contributed by atoms with Gasteiger partial charge in [-0.25, -0.2) is 0 Å². The van der Waals surface area contributed by atoms with Crippen LogP contribution in [-0.2, 0) is 13.1 Å². The van der Waals surface area contributed by atoms with Gasteiger partial charge in [0.1, 0.15) is 18.1 Å². The molecule has 0 bridgehead atoms. The van der Waals surface area contributed by atoms with Crippen LogP contribution < -0.4 is 14.2 Å². The summed E-state index contributed by atoms with van der Waals surface area (Å²) in [6, 6.07) is 9.97. The number of pyridine rings is 1. The molecule has 1 aromatic carbocycles. The van der Waals surface area contributed by atoms with Gasteiger partial charge in [-0.1, -0.05) is 18.2 Å². The summed E-state index contributed by atoms with van der Waals surface area (Å²) < 4.78 is 16.6. The first-order valence-electron chi connectivity index (χ1n) is 7.30. The van der Waals surface area contributed by atoms with E-state index in [2.05, 4.69) is 16.0 Å². The predicted molar refractivity (Wildman–Crippen MR) is 83.4 cm³/mol. The van der Waals surface area contributed by atoms with Gasteiger partial charge in [0, 0.05) is 37.5 Å². The number of hydrogen-bond acceptors (Lipinski definition) is 5. The molecule has 0 atom stereocenters. The van der Waals surface area contributed by atoms with Gasteiger partial charge in [0.05, 0.1) is 14.2 Å². The Morgan fingerprint density at radius 1 is 1.18 bits per heavy atom. The molecule has 2 aromatic rings. The lowest BCUT2D eigenvalue weighted by molar-refractivity contribution is 0.214. The molecule has 0 fully saturated rings. The lowest BCUT2D eigenvalue weighted by atomic mass is 10.2. The zero-order chi connectivity index (χ0) is 15.4. The lowest BCUT2D eigenvalue weighted by Crippen LogP contribution is -2.26. The number of nitrogens with zero attached hydrogens (tertiary/aromatic N) is 2. The normalized spacial score (nSPS) is 14.6. The van der Waals surface area contributed by atoms with Gasteiger partial charge in [-0.2, -0.15) is 0 Å². The molecule has 116 valence electrons. The molecule has 3 rings (SSSR count). The van der Waals surface area contributed by atoms with Crippen LogP contribution in [0.1, 0.15) is 11.3 Å². The molecular formula is C17H20N2O3. The van der Waals surface area contributed by atoms with E-state index in [0.29, 0.717) is 24.7 Å². The summed E-state index contributed by atoms with van der Waals surface area (Å²) in [5, 5.41) is 0. The first-order chi connectivity index (χ1) is 10.8. The quantitative estimate of drug-likeness (QED) is 0.868. The summed E-state index contributed by atoms with van der Waals surface area (Å²) in [4.78, 5) is 6.75. The van der Waals surface area contributed by atoms with Gasteiger partial charge < -0.3 is 14.2 Å². The molecule has 5 heteroatoms. The van der Waals surface area contributed by atoms with Crippen molar-refractivity contribution in [1.29, 1.82) is 0 Å². The maximum atomic E-state index is 5.80. The Bertz CT molecular complexity index is 646. The molecular weight excluding hydrogens is 280 g/mol. The highest BCUT2D eigenvalue weighted by Crippen LogP contribution is 2.31. The molecule has 0 saturated heterocycles. The van der Waals surface area contributed by atoms with Crippen LogP contribution in [0.3, 0.4) is 0 Å². The van der Waals surface area contributed by atoms with Crippen molar-refractivity contribution in [3.63, 3.8) is 0 Å². The van der Waals surface area contributed by atoms with Crippen LogP contribution >= 0.6 is 0 Å². The number of benzene rings is 1. The van der Waals surface area contributed by atoms with Crippen molar-refractivity contribution >= 4 is 0 Å². The van der Waals surface area contributed by atoms with Gasteiger partial charge in [-0.05, 0) is 6.07 Å². The maximum Gasteiger partial charge on any atom is 0.183 e. The fourth-order valence-corrected chi connectivity index (χ4v) is 2.69. The first-order valence-corrected chi connectivity index (χ1v) is 7.30. The SMILES string of the molecule is COc1ccnc(CN2CCOc3ccccc3C2)c1OC. The third-order valence-corrected chi connectivity index (χ3v) is 3.77. The average molecular weight is 300 g/mol. The molecule has 22 heavy (non-hydrogen) atoms. The largest absolute Gasteiger partial charge is 0.493 e. The topological polar surface area (TPSA) is 43.8 Å². The minimum atomic E-state index is 0.670. The summed E-state index contributed by atoms with van der Waals surface area (Å²) in [5.74, 6) is 2.37. The lowest BCUT2D eigenvalue weighted by Gasteiger charge is -2.20. The van der Waals surface area contributed by atoms with E-state index in [0.717, 1.165) is 24.5 Å². The van der Waals surface area contributed by atoms with Gasteiger partial charge in [0.25, 0.3) is 0 Å². The smallest absolute Gasteiger partial charge is 0.183 e. The van der Waals surface area contributed by atoms with E-state index in [9.17, 15) is 0 Å². The summed E-state index contributed by atoms with van der Waals surface area (Å²) in [6.45, 7) is 3.04. The van der Waals surface area contributed by atoms with Crippen LogP contribution in [0.25, 0.3) is 0 Å². The number of hydrogen-bond donors (Lipinski definition) is 0.